The summed E-state index contributed by atoms with van der Waals surface area (Å²) in [6, 6.07) is 0. The van der Waals surface area contributed by atoms with E-state index in [0.29, 0.717) is 30.1 Å². The molecule has 37 heavy (non-hydrogen) atoms. The minimum atomic E-state index is -4.65. The van der Waals surface area contributed by atoms with Crippen molar-refractivity contribution in [3.05, 3.63) is 23.8 Å². The second-order valence-corrected chi connectivity index (χ2v) is 14.7. The summed E-state index contributed by atoms with van der Waals surface area (Å²) in [5.74, 6) is 1.57. The quantitative estimate of drug-likeness (QED) is 0.290. The van der Waals surface area contributed by atoms with E-state index in [1.54, 1.807) is 0 Å². The fraction of sp³-hybridized carbons (Fsp3) is 0.846. The minimum Gasteiger partial charge on any atom is -0.390 e. The van der Waals surface area contributed by atoms with E-state index in [1.165, 1.54) is 0 Å². The SMILES string of the molecule is CC(C)/C=C/[C@@H](COS(=O)(=O)O)[C@H]1CCC2C3CC=C4C[C@H](OS(=O)(=O)O)[C@@H](O)C[C@]4(C)C3CC[C@@]21C. The van der Waals surface area contributed by atoms with Gasteiger partial charge in [-0.25, -0.2) is 8.37 Å². The zero-order chi connectivity index (χ0) is 27.4. The van der Waals surface area contributed by atoms with Gasteiger partial charge in [0.25, 0.3) is 0 Å². The molecule has 0 amide bonds. The Labute approximate surface area is 221 Å². The van der Waals surface area contributed by atoms with E-state index in [9.17, 15) is 26.5 Å². The third-order valence-electron chi connectivity index (χ3n) is 10.1. The van der Waals surface area contributed by atoms with Gasteiger partial charge in [-0.3, -0.25) is 9.11 Å². The third kappa shape index (κ3) is 6.02. The van der Waals surface area contributed by atoms with Gasteiger partial charge in [-0.2, -0.15) is 16.8 Å². The first-order chi connectivity index (χ1) is 17.0. The second kappa shape index (κ2) is 10.3. The van der Waals surface area contributed by atoms with Gasteiger partial charge in [0, 0.05) is 5.92 Å². The maximum Gasteiger partial charge on any atom is 0.397 e. The van der Waals surface area contributed by atoms with Crippen LogP contribution in [0.1, 0.15) is 72.6 Å². The number of allylic oxidation sites excluding steroid dienone is 2. The van der Waals surface area contributed by atoms with Crippen LogP contribution in [-0.2, 0) is 29.2 Å². The van der Waals surface area contributed by atoms with Crippen molar-refractivity contribution in [2.75, 3.05) is 6.61 Å². The van der Waals surface area contributed by atoms with Gasteiger partial charge in [0.15, 0.2) is 0 Å². The Morgan fingerprint density at radius 2 is 1.76 bits per heavy atom. The van der Waals surface area contributed by atoms with E-state index in [-0.39, 0.29) is 35.7 Å². The zero-order valence-electron chi connectivity index (χ0n) is 22.1. The molecule has 9 nitrogen and oxygen atoms in total. The van der Waals surface area contributed by atoms with Crippen LogP contribution in [0.2, 0.25) is 0 Å². The lowest BCUT2D eigenvalue weighted by Gasteiger charge is -2.59. The summed E-state index contributed by atoms with van der Waals surface area (Å²) in [6.07, 6.45) is 9.79. The van der Waals surface area contributed by atoms with Crippen molar-refractivity contribution in [3.8, 4) is 0 Å². The Morgan fingerprint density at radius 3 is 2.38 bits per heavy atom. The molecule has 0 radical (unpaired) electrons. The molecule has 3 N–H and O–H groups in total. The highest BCUT2D eigenvalue weighted by Gasteiger charge is 2.60. The normalized spacial score (nSPS) is 41.2. The van der Waals surface area contributed by atoms with Crippen molar-refractivity contribution in [2.24, 2.45) is 46.3 Å². The molecule has 9 atom stereocenters. The molecule has 212 valence electrons. The van der Waals surface area contributed by atoms with Crippen LogP contribution in [0.4, 0.5) is 0 Å². The Bertz CT molecular complexity index is 1130. The van der Waals surface area contributed by atoms with Crippen molar-refractivity contribution in [3.63, 3.8) is 0 Å². The van der Waals surface area contributed by atoms with Gasteiger partial charge in [-0.05, 0) is 85.4 Å². The molecular formula is C26H42O9S2. The van der Waals surface area contributed by atoms with Gasteiger partial charge in [0.1, 0.15) is 6.10 Å². The molecule has 0 bridgehead atoms. The molecule has 0 aromatic carbocycles. The number of rotatable bonds is 8. The predicted octanol–water partition coefficient (Wildman–Crippen LogP) is 4.37. The number of aliphatic hydroxyl groups excluding tert-OH is 1. The summed E-state index contributed by atoms with van der Waals surface area (Å²) in [7, 11) is -9.18. The van der Waals surface area contributed by atoms with Crippen molar-refractivity contribution < 1.29 is 39.4 Å². The van der Waals surface area contributed by atoms with Crippen LogP contribution in [0, 0.1) is 46.3 Å². The molecule has 0 aromatic rings. The molecule has 3 saturated carbocycles. The van der Waals surface area contributed by atoms with Crippen LogP contribution >= 0.6 is 0 Å². The van der Waals surface area contributed by atoms with Crippen LogP contribution in [0.15, 0.2) is 23.8 Å². The molecule has 0 aromatic heterocycles. The Morgan fingerprint density at radius 1 is 1.05 bits per heavy atom. The van der Waals surface area contributed by atoms with E-state index in [4.69, 9.17) is 12.9 Å². The van der Waals surface area contributed by atoms with Crippen molar-refractivity contribution in [1.82, 2.24) is 0 Å². The number of aliphatic hydroxyl groups is 1. The molecule has 0 saturated heterocycles. The molecule has 0 aliphatic heterocycles. The van der Waals surface area contributed by atoms with Crippen LogP contribution in [-0.4, -0.2) is 49.9 Å². The fourth-order valence-corrected chi connectivity index (χ4v) is 9.35. The maximum absolute atomic E-state index is 11.4. The van der Waals surface area contributed by atoms with E-state index in [2.05, 4.69) is 45.9 Å². The average Bonchev–Trinajstić information content (AvgIpc) is 3.10. The van der Waals surface area contributed by atoms with E-state index in [1.807, 2.05) is 0 Å². The van der Waals surface area contributed by atoms with E-state index >= 15 is 0 Å². The zero-order valence-corrected chi connectivity index (χ0v) is 23.7. The van der Waals surface area contributed by atoms with Crippen LogP contribution in [0.25, 0.3) is 0 Å². The largest absolute Gasteiger partial charge is 0.397 e. The molecule has 11 heteroatoms. The smallest absolute Gasteiger partial charge is 0.390 e. The molecule has 3 unspecified atom stereocenters. The first kappa shape index (κ1) is 29.2. The van der Waals surface area contributed by atoms with Crippen molar-refractivity contribution in [2.45, 2.75) is 84.8 Å². The molecule has 0 spiro atoms. The summed E-state index contributed by atoms with van der Waals surface area (Å²) in [5.41, 5.74) is 0.817. The molecule has 4 rings (SSSR count). The standard InChI is InChI=1S/C26H42O9S2/c1-16(2)5-6-17(15-34-36(28,29)30)20-9-10-21-19-8-7-18-13-24(35-37(31,32)33)23(27)14-26(18,4)22(19)11-12-25(20,21)3/h5-7,16-17,19-24,27H,8-15H2,1-4H3,(H,28,29,30)(H,31,32,33)/b6-5+/t17-,19?,20+,21?,22?,23-,24-,25+,26-/m0/s1. The predicted molar refractivity (Wildman–Crippen MR) is 138 cm³/mol. The lowest BCUT2D eigenvalue weighted by atomic mass is 9.46. The van der Waals surface area contributed by atoms with Crippen molar-refractivity contribution in [1.29, 1.82) is 0 Å². The third-order valence-corrected chi connectivity index (χ3v) is 11.0. The van der Waals surface area contributed by atoms with Gasteiger partial charge in [0.2, 0.25) is 0 Å². The lowest BCUT2D eigenvalue weighted by molar-refractivity contribution is -0.0843. The first-order valence-electron chi connectivity index (χ1n) is 13.4. The summed E-state index contributed by atoms with van der Waals surface area (Å²) >= 11 is 0. The van der Waals surface area contributed by atoms with Crippen molar-refractivity contribution >= 4 is 20.8 Å². The summed E-state index contributed by atoms with van der Waals surface area (Å²) in [4.78, 5) is 0. The number of hydrogen-bond acceptors (Lipinski definition) is 7. The monoisotopic (exact) mass is 562 g/mol. The van der Waals surface area contributed by atoms with Gasteiger partial charge >= 0.3 is 20.8 Å². The van der Waals surface area contributed by atoms with Crippen LogP contribution < -0.4 is 0 Å². The minimum absolute atomic E-state index is 0.0126. The summed E-state index contributed by atoms with van der Waals surface area (Å²) in [6.45, 7) is 8.55. The highest BCUT2D eigenvalue weighted by Crippen LogP contribution is 2.67. The van der Waals surface area contributed by atoms with Crippen LogP contribution in [0.5, 0.6) is 0 Å². The average molecular weight is 563 g/mol. The number of fused-ring (bicyclic) bond motifs is 5. The second-order valence-electron chi connectivity index (χ2n) is 12.5. The lowest BCUT2D eigenvalue weighted by Crippen LogP contribution is -2.53. The Balaban J connectivity index is 1.57. The van der Waals surface area contributed by atoms with Crippen LogP contribution in [0.3, 0.4) is 0 Å². The van der Waals surface area contributed by atoms with E-state index < -0.39 is 33.0 Å². The highest BCUT2D eigenvalue weighted by molar-refractivity contribution is 7.81. The van der Waals surface area contributed by atoms with Gasteiger partial charge in [-0.15, -0.1) is 0 Å². The fourth-order valence-electron chi connectivity index (χ4n) is 8.51. The Kier molecular flexibility index (Phi) is 8.12. The van der Waals surface area contributed by atoms with Gasteiger partial charge in [-0.1, -0.05) is 51.5 Å². The maximum atomic E-state index is 11.4. The molecular weight excluding hydrogens is 520 g/mol. The molecule has 4 aliphatic rings. The molecule has 3 fully saturated rings. The van der Waals surface area contributed by atoms with Gasteiger partial charge in [0.05, 0.1) is 12.7 Å². The summed E-state index contributed by atoms with van der Waals surface area (Å²) in [5, 5.41) is 10.8. The topological polar surface area (TPSA) is 147 Å². The highest BCUT2D eigenvalue weighted by atomic mass is 32.3. The number of hydrogen-bond donors (Lipinski definition) is 3. The first-order valence-corrected chi connectivity index (χ1v) is 16.1. The summed E-state index contributed by atoms with van der Waals surface area (Å²) < 4.78 is 73.3. The Hall–Kier alpha value is -0.820. The molecule has 0 heterocycles. The van der Waals surface area contributed by atoms with E-state index in [0.717, 1.165) is 37.7 Å². The van der Waals surface area contributed by atoms with Gasteiger partial charge < -0.3 is 5.11 Å². The molecule has 4 aliphatic carbocycles.